The third-order valence-corrected chi connectivity index (χ3v) is 7.69. The number of nitrogens with zero attached hydrogens (tertiary/aromatic N) is 1. The highest BCUT2D eigenvalue weighted by atomic mass is 32.2. The smallest absolute Gasteiger partial charge is 0.255 e. The fourth-order valence-electron chi connectivity index (χ4n) is 3.88. The number of hydrogen-bond donors (Lipinski definition) is 1. The topological polar surface area (TPSA) is 66.5 Å². The van der Waals surface area contributed by atoms with Crippen molar-refractivity contribution in [3.8, 4) is 0 Å². The molecule has 0 fully saturated rings. The van der Waals surface area contributed by atoms with E-state index in [1.807, 2.05) is 42.5 Å². The molecule has 5 nitrogen and oxygen atoms in total. The third kappa shape index (κ3) is 4.61. The van der Waals surface area contributed by atoms with Crippen molar-refractivity contribution < 1.29 is 13.2 Å². The van der Waals surface area contributed by atoms with E-state index in [0.717, 1.165) is 11.1 Å². The van der Waals surface area contributed by atoms with Gasteiger partial charge in [-0.25, -0.2) is 8.42 Å². The van der Waals surface area contributed by atoms with Gasteiger partial charge in [0.1, 0.15) is 0 Å². The van der Waals surface area contributed by atoms with Crippen LogP contribution in [0.4, 0.5) is 5.69 Å². The second-order valence-electron chi connectivity index (χ2n) is 9.17. The average molecular weight is 449 g/mol. The van der Waals surface area contributed by atoms with Crippen molar-refractivity contribution in [2.75, 3.05) is 11.9 Å². The van der Waals surface area contributed by atoms with E-state index in [2.05, 4.69) is 26.1 Å². The van der Waals surface area contributed by atoms with Crippen molar-refractivity contribution in [2.24, 2.45) is 0 Å². The molecule has 1 N–H and O–H groups in total. The van der Waals surface area contributed by atoms with Crippen molar-refractivity contribution in [3.63, 3.8) is 0 Å². The van der Waals surface area contributed by atoms with Crippen molar-refractivity contribution in [2.45, 2.75) is 44.0 Å². The first-order chi connectivity index (χ1) is 15.1. The minimum atomic E-state index is -3.55. The molecule has 1 aliphatic heterocycles. The highest BCUT2D eigenvalue weighted by Crippen LogP contribution is 2.27. The maximum atomic E-state index is 13.0. The molecule has 0 saturated heterocycles. The first-order valence-corrected chi connectivity index (χ1v) is 12.2. The zero-order valence-electron chi connectivity index (χ0n) is 18.6. The van der Waals surface area contributed by atoms with Gasteiger partial charge in [-0.1, -0.05) is 57.2 Å². The first kappa shape index (κ1) is 22.2. The Bertz CT molecular complexity index is 1230. The molecule has 0 aliphatic carbocycles. The van der Waals surface area contributed by atoms with E-state index in [0.29, 0.717) is 29.1 Å². The number of rotatable bonds is 4. The number of nitrogens with one attached hydrogen (secondary N) is 1. The van der Waals surface area contributed by atoms with Gasteiger partial charge < -0.3 is 5.32 Å². The van der Waals surface area contributed by atoms with Gasteiger partial charge in [0.25, 0.3) is 5.91 Å². The molecule has 0 saturated carbocycles. The van der Waals surface area contributed by atoms with E-state index in [1.54, 1.807) is 30.3 Å². The van der Waals surface area contributed by atoms with Gasteiger partial charge in [0.15, 0.2) is 0 Å². The maximum Gasteiger partial charge on any atom is 0.255 e. The molecule has 0 aromatic heterocycles. The van der Waals surface area contributed by atoms with Crippen LogP contribution < -0.4 is 5.32 Å². The van der Waals surface area contributed by atoms with Crippen LogP contribution in [0.1, 0.15) is 47.8 Å². The van der Waals surface area contributed by atoms with Crippen LogP contribution in [-0.2, 0) is 28.4 Å². The number of anilines is 1. The van der Waals surface area contributed by atoms with E-state index in [4.69, 9.17) is 0 Å². The molecule has 1 aliphatic rings. The lowest BCUT2D eigenvalue weighted by atomic mass is 9.87. The predicted octanol–water partition coefficient (Wildman–Crippen LogP) is 4.98. The number of sulfonamides is 1. The zero-order valence-corrected chi connectivity index (χ0v) is 19.4. The third-order valence-electron chi connectivity index (χ3n) is 5.84. The summed E-state index contributed by atoms with van der Waals surface area (Å²) < 4.78 is 27.5. The van der Waals surface area contributed by atoms with Gasteiger partial charge in [-0.05, 0) is 64.9 Å². The van der Waals surface area contributed by atoms with Gasteiger partial charge in [0, 0.05) is 24.3 Å². The summed E-state index contributed by atoms with van der Waals surface area (Å²) in [6.07, 6.45) is 0.643. The minimum absolute atomic E-state index is 0.0272. The van der Waals surface area contributed by atoms with Crippen LogP contribution in [0, 0.1) is 0 Å². The summed E-state index contributed by atoms with van der Waals surface area (Å²) in [4.78, 5) is 13.0. The molecule has 0 spiro atoms. The summed E-state index contributed by atoms with van der Waals surface area (Å²) in [5.41, 5.74) is 4.47. The molecule has 6 heteroatoms. The normalized spacial score (nSPS) is 14.6. The molecule has 32 heavy (non-hydrogen) atoms. The number of hydrogen-bond acceptors (Lipinski definition) is 3. The van der Waals surface area contributed by atoms with Crippen molar-refractivity contribution in [1.29, 1.82) is 0 Å². The van der Waals surface area contributed by atoms with Crippen LogP contribution in [0.25, 0.3) is 0 Å². The molecule has 1 amide bonds. The summed E-state index contributed by atoms with van der Waals surface area (Å²) in [5, 5.41) is 2.94. The monoisotopic (exact) mass is 448 g/mol. The molecule has 1 heterocycles. The Balaban J connectivity index is 1.51. The summed E-state index contributed by atoms with van der Waals surface area (Å²) >= 11 is 0. The summed E-state index contributed by atoms with van der Waals surface area (Å²) in [6.45, 7) is 7.13. The maximum absolute atomic E-state index is 13.0. The predicted molar refractivity (Wildman–Crippen MR) is 127 cm³/mol. The zero-order chi connectivity index (χ0) is 22.9. The van der Waals surface area contributed by atoms with Crippen LogP contribution in [0.5, 0.6) is 0 Å². The van der Waals surface area contributed by atoms with Gasteiger partial charge in [-0.3, -0.25) is 4.79 Å². The highest BCUT2D eigenvalue weighted by Gasteiger charge is 2.28. The molecule has 0 unspecified atom stereocenters. The van der Waals surface area contributed by atoms with Gasteiger partial charge >= 0.3 is 0 Å². The van der Waals surface area contributed by atoms with E-state index >= 15 is 0 Å². The van der Waals surface area contributed by atoms with Crippen LogP contribution in [0.3, 0.4) is 0 Å². The van der Waals surface area contributed by atoms with Gasteiger partial charge in [0.2, 0.25) is 10.0 Å². The van der Waals surface area contributed by atoms with Crippen LogP contribution >= 0.6 is 0 Å². The van der Waals surface area contributed by atoms with E-state index in [-0.39, 0.29) is 17.9 Å². The summed E-state index contributed by atoms with van der Waals surface area (Å²) in [6, 6.07) is 21.9. The van der Waals surface area contributed by atoms with Crippen LogP contribution in [0.2, 0.25) is 0 Å². The lowest BCUT2D eigenvalue weighted by Crippen LogP contribution is -2.36. The number of carbonyl (C=O) groups excluding carboxylic acids is 1. The van der Waals surface area contributed by atoms with Gasteiger partial charge in [-0.2, -0.15) is 4.31 Å². The molecular weight excluding hydrogens is 420 g/mol. The molecule has 0 bridgehead atoms. The summed E-state index contributed by atoms with van der Waals surface area (Å²) in [5.74, 6) is -0.185. The molecule has 3 aromatic carbocycles. The lowest BCUT2D eigenvalue weighted by Gasteiger charge is -2.28. The Morgan fingerprint density at radius 2 is 1.59 bits per heavy atom. The number of fused-ring (bicyclic) bond motifs is 1. The largest absolute Gasteiger partial charge is 0.322 e. The SMILES string of the molecule is CC(C)(C)c1ccc(C(=O)Nc2ccc3c(c2)CN(S(=O)(=O)c2ccccc2)CC3)cc1. The van der Waals surface area contributed by atoms with Gasteiger partial charge in [0.05, 0.1) is 4.90 Å². The fourth-order valence-corrected chi connectivity index (χ4v) is 5.32. The summed E-state index contributed by atoms with van der Waals surface area (Å²) in [7, 11) is -3.55. The fraction of sp³-hybridized carbons (Fsp3) is 0.269. The number of amides is 1. The Morgan fingerprint density at radius 3 is 2.25 bits per heavy atom. The van der Waals surface area contributed by atoms with E-state index in [1.165, 1.54) is 9.87 Å². The molecule has 0 radical (unpaired) electrons. The molecular formula is C26H28N2O3S. The van der Waals surface area contributed by atoms with Crippen LogP contribution in [0.15, 0.2) is 77.7 Å². The van der Waals surface area contributed by atoms with Crippen molar-refractivity contribution >= 4 is 21.6 Å². The van der Waals surface area contributed by atoms with Gasteiger partial charge in [-0.15, -0.1) is 0 Å². The van der Waals surface area contributed by atoms with Crippen molar-refractivity contribution in [3.05, 3.63) is 95.1 Å². The Labute approximate surface area is 190 Å². The minimum Gasteiger partial charge on any atom is -0.322 e. The van der Waals surface area contributed by atoms with E-state index < -0.39 is 10.0 Å². The lowest BCUT2D eigenvalue weighted by molar-refractivity contribution is 0.102. The van der Waals surface area contributed by atoms with Crippen LogP contribution in [-0.4, -0.2) is 25.2 Å². The Morgan fingerprint density at radius 1 is 0.906 bits per heavy atom. The van der Waals surface area contributed by atoms with Crippen molar-refractivity contribution in [1.82, 2.24) is 4.31 Å². The molecule has 3 aromatic rings. The molecule has 166 valence electrons. The number of carbonyl (C=O) groups is 1. The highest BCUT2D eigenvalue weighted by molar-refractivity contribution is 7.89. The molecule has 4 rings (SSSR count). The number of benzene rings is 3. The molecule has 0 atom stereocenters. The first-order valence-electron chi connectivity index (χ1n) is 10.7. The Hall–Kier alpha value is -2.96. The average Bonchev–Trinajstić information content (AvgIpc) is 2.78. The quantitative estimate of drug-likeness (QED) is 0.612. The second-order valence-corrected chi connectivity index (χ2v) is 11.1. The van der Waals surface area contributed by atoms with E-state index in [9.17, 15) is 13.2 Å². The Kier molecular flexibility index (Phi) is 5.93. The second kappa shape index (κ2) is 8.52. The standard InChI is InChI=1S/C26H28N2O3S/c1-26(2,3)22-12-9-20(10-13-22)25(29)27-23-14-11-19-15-16-28(18-21(19)17-23)32(30,31)24-7-5-4-6-8-24/h4-14,17H,15-16,18H2,1-3H3,(H,27,29).